The molecule has 1 amide bonds. The van der Waals surface area contributed by atoms with Crippen LogP contribution in [0.1, 0.15) is 90.0 Å². The third kappa shape index (κ3) is 14.8. The number of aliphatic imine (C=N–C) groups is 2. The molecule has 0 aliphatic carbocycles. The highest BCUT2D eigenvalue weighted by Crippen LogP contribution is 2.38. The summed E-state index contributed by atoms with van der Waals surface area (Å²) >= 11 is 26.0. The Hall–Kier alpha value is -3.26. The van der Waals surface area contributed by atoms with Crippen molar-refractivity contribution in [3.8, 4) is 0 Å². The molecule has 0 aromatic heterocycles. The lowest BCUT2D eigenvalue weighted by Gasteiger charge is -2.24. The molecular formula is C41H55Cl4N7O4S. The maximum absolute atomic E-state index is 14.2. The average Bonchev–Trinajstić information content (AvgIpc) is 3.44. The van der Waals surface area contributed by atoms with Gasteiger partial charge < -0.3 is 15.0 Å². The van der Waals surface area contributed by atoms with Gasteiger partial charge in [0.25, 0.3) is 5.91 Å². The Balaban J connectivity index is 1.47. The van der Waals surface area contributed by atoms with Crippen LogP contribution in [0.3, 0.4) is 0 Å². The number of benzene rings is 3. The zero-order valence-corrected chi connectivity index (χ0v) is 37.1. The van der Waals surface area contributed by atoms with Crippen LogP contribution in [0.5, 0.6) is 0 Å². The van der Waals surface area contributed by atoms with E-state index in [2.05, 4.69) is 32.3 Å². The van der Waals surface area contributed by atoms with Crippen molar-refractivity contribution in [1.29, 1.82) is 0 Å². The molecule has 3 aromatic rings. The maximum atomic E-state index is 14.2. The van der Waals surface area contributed by atoms with Crippen LogP contribution in [0.4, 0.5) is 28.4 Å². The second-order valence-corrected chi connectivity index (χ2v) is 17.6. The molecule has 11 nitrogen and oxygen atoms in total. The summed E-state index contributed by atoms with van der Waals surface area (Å²) in [6, 6.07) is 12.9. The molecule has 3 aromatic carbocycles. The lowest BCUT2D eigenvalue weighted by molar-refractivity contribution is -0.117. The number of hydrogen-bond acceptors (Lipinski definition) is 8. The predicted molar refractivity (Wildman–Crippen MR) is 241 cm³/mol. The minimum atomic E-state index is -3.31. The number of hydrazine groups is 1. The Morgan fingerprint density at radius 1 is 0.877 bits per heavy atom. The molecule has 16 heteroatoms. The molecule has 0 radical (unpaired) electrons. The number of carbonyl (C=O) groups excluding carboxylic acids is 1. The molecule has 57 heavy (non-hydrogen) atoms. The van der Waals surface area contributed by atoms with Gasteiger partial charge >= 0.3 is 0 Å². The fraction of sp³-hybridized carbons (Fsp3) is 0.488. The van der Waals surface area contributed by atoms with Crippen LogP contribution >= 0.6 is 46.4 Å². The molecule has 4 rings (SSSR count). The Morgan fingerprint density at radius 2 is 1.53 bits per heavy atom. The molecule has 3 N–H and O–H groups in total. The molecule has 1 aliphatic heterocycles. The number of likely N-dealkylation sites (N-methyl/N-ethyl adjacent to an activating group) is 1. The van der Waals surface area contributed by atoms with Gasteiger partial charge in [0.15, 0.2) is 18.3 Å². The van der Waals surface area contributed by atoms with Crippen LogP contribution < -0.4 is 25.4 Å². The van der Waals surface area contributed by atoms with Crippen molar-refractivity contribution in [3.63, 3.8) is 0 Å². The van der Waals surface area contributed by atoms with E-state index in [1.165, 1.54) is 81.3 Å². The van der Waals surface area contributed by atoms with Gasteiger partial charge in [0.05, 0.1) is 39.3 Å². The molecule has 1 unspecified atom stereocenters. The topological polar surface area (TPSA) is 128 Å². The number of ether oxygens (including phenoxy) is 1. The molecule has 1 atom stereocenters. The number of halogens is 4. The van der Waals surface area contributed by atoms with E-state index in [0.717, 1.165) is 30.3 Å². The number of nitrogens with one attached hydrogen (secondary N) is 3. The first kappa shape index (κ1) is 46.4. The van der Waals surface area contributed by atoms with Crippen molar-refractivity contribution < 1.29 is 17.9 Å². The fourth-order valence-corrected chi connectivity index (χ4v) is 8.02. The molecule has 1 aliphatic rings. The van der Waals surface area contributed by atoms with Crippen LogP contribution in [0.25, 0.3) is 0 Å². The molecule has 312 valence electrons. The molecule has 1 fully saturated rings. The zero-order chi connectivity index (χ0) is 41.4. The maximum Gasteiger partial charge on any atom is 0.276 e. The summed E-state index contributed by atoms with van der Waals surface area (Å²) < 4.78 is 31.4. The quantitative estimate of drug-likeness (QED) is 0.0464. The number of anilines is 3. The summed E-state index contributed by atoms with van der Waals surface area (Å²) in [4.78, 5) is 25.5. The summed E-state index contributed by atoms with van der Waals surface area (Å²) in [5.41, 5.74) is 6.68. The number of carbonyl (C=O) groups is 1. The number of amidine groups is 1. The van der Waals surface area contributed by atoms with Crippen molar-refractivity contribution in [1.82, 2.24) is 10.1 Å². The van der Waals surface area contributed by atoms with E-state index in [-0.39, 0.29) is 28.1 Å². The smallest absolute Gasteiger partial charge is 0.276 e. The van der Waals surface area contributed by atoms with Crippen molar-refractivity contribution >= 4 is 103 Å². The summed E-state index contributed by atoms with van der Waals surface area (Å²) in [5, 5.41) is 5.59. The third-order valence-corrected chi connectivity index (χ3v) is 11.3. The Bertz CT molecular complexity index is 1940. The van der Waals surface area contributed by atoms with Gasteiger partial charge in [-0.2, -0.15) is 0 Å². The molecule has 1 heterocycles. The van der Waals surface area contributed by atoms with Gasteiger partial charge in [-0.1, -0.05) is 118 Å². The van der Waals surface area contributed by atoms with Crippen LogP contribution in [0, 0.1) is 6.92 Å². The van der Waals surface area contributed by atoms with E-state index in [1.807, 2.05) is 32.0 Å². The fourth-order valence-electron chi connectivity index (χ4n) is 6.41. The predicted octanol–water partition coefficient (Wildman–Crippen LogP) is 11.0. The van der Waals surface area contributed by atoms with Gasteiger partial charge in [-0.05, 0) is 74.4 Å². The second-order valence-electron chi connectivity index (χ2n) is 14.1. The third-order valence-electron chi connectivity index (χ3n) is 9.49. The van der Waals surface area contributed by atoms with E-state index >= 15 is 0 Å². The lowest BCUT2D eigenvalue weighted by atomic mass is 10.1. The summed E-state index contributed by atoms with van der Waals surface area (Å²) in [6.45, 7) is 8.15. The number of rotatable bonds is 24. The lowest BCUT2D eigenvalue weighted by Crippen LogP contribution is -2.37. The van der Waals surface area contributed by atoms with Crippen LogP contribution in [-0.4, -0.2) is 65.1 Å². The van der Waals surface area contributed by atoms with E-state index in [4.69, 9.17) is 56.1 Å². The van der Waals surface area contributed by atoms with Gasteiger partial charge in [-0.25, -0.2) is 28.1 Å². The van der Waals surface area contributed by atoms with Gasteiger partial charge in [0.2, 0.25) is 10.0 Å². The summed E-state index contributed by atoms with van der Waals surface area (Å²) in [5.74, 6) is -0.185. The standard InChI is InChI=1S/C41H55Cl4N7O4S/c1-5-7-8-9-10-11-12-13-14-15-16-23-56-28-46-31-17-19-33(43)37(27-31)49-40-38(41(53)52(50-40)39-34(44)25-30(42)26-35(39)45)48-36-20-18-32(24-29(36)3)51(6-2)22-21-47-57(4,54)55/h17-20,24-28,38,47-48H,5-16,21-23H2,1-4H3,(H,49,50). The zero-order valence-electron chi connectivity index (χ0n) is 33.2. The first-order valence-electron chi connectivity index (χ1n) is 19.7. The highest BCUT2D eigenvalue weighted by atomic mass is 35.5. The van der Waals surface area contributed by atoms with Crippen molar-refractivity contribution in [2.45, 2.75) is 97.4 Å². The molecular weight excluding hydrogens is 828 g/mol. The van der Waals surface area contributed by atoms with Gasteiger partial charge in [-0.3, -0.25) is 10.2 Å². The van der Waals surface area contributed by atoms with Crippen molar-refractivity contribution in [2.24, 2.45) is 9.98 Å². The Labute approximate surface area is 358 Å². The van der Waals surface area contributed by atoms with Gasteiger partial charge in [-0.15, -0.1) is 0 Å². The monoisotopic (exact) mass is 881 g/mol. The van der Waals surface area contributed by atoms with E-state index in [1.54, 1.807) is 18.2 Å². The minimum absolute atomic E-state index is 0.168. The molecule has 0 bridgehead atoms. The summed E-state index contributed by atoms with van der Waals surface area (Å²) in [6.07, 6.45) is 16.5. The Kier molecular flexibility index (Phi) is 19.0. The van der Waals surface area contributed by atoms with Crippen molar-refractivity contribution in [2.75, 3.05) is 47.7 Å². The normalized spacial score (nSPS) is 15.2. The van der Waals surface area contributed by atoms with Crippen LogP contribution in [0.15, 0.2) is 58.5 Å². The number of amides is 1. The van der Waals surface area contributed by atoms with E-state index in [0.29, 0.717) is 46.8 Å². The molecule has 0 saturated carbocycles. The van der Waals surface area contributed by atoms with Crippen LogP contribution in [0.2, 0.25) is 20.1 Å². The number of sulfonamides is 1. The number of nitrogens with zero attached hydrogens (tertiary/aromatic N) is 4. The first-order valence-corrected chi connectivity index (χ1v) is 23.1. The largest absolute Gasteiger partial charge is 0.483 e. The number of hydrogen-bond donors (Lipinski definition) is 3. The Morgan fingerprint density at radius 3 is 2.14 bits per heavy atom. The molecule has 1 saturated heterocycles. The number of aryl methyl sites for hydroxylation is 1. The number of unbranched alkanes of at least 4 members (excludes halogenated alkanes) is 10. The highest BCUT2D eigenvalue weighted by Gasteiger charge is 2.40. The van der Waals surface area contributed by atoms with E-state index in [9.17, 15) is 13.2 Å². The average molecular weight is 884 g/mol. The van der Waals surface area contributed by atoms with Crippen LogP contribution in [-0.2, 0) is 19.6 Å². The SMILES string of the molecule is CCCCCCCCCCCCCOC=Nc1ccc(Cl)c(N=C2NN(c3c(Cl)cc(Cl)cc3Cl)C(=O)C2Nc2ccc(N(CC)CCNS(C)(=O)=O)cc2C)c1. The molecule has 0 spiro atoms. The summed E-state index contributed by atoms with van der Waals surface area (Å²) in [7, 11) is -3.31. The minimum Gasteiger partial charge on any atom is -0.483 e. The first-order chi connectivity index (χ1) is 27.3. The van der Waals surface area contributed by atoms with Gasteiger partial charge in [0, 0.05) is 36.0 Å². The second kappa shape index (κ2) is 23.4. The highest BCUT2D eigenvalue weighted by molar-refractivity contribution is 7.88. The van der Waals surface area contributed by atoms with E-state index < -0.39 is 22.0 Å². The van der Waals surface area contributed by atoms with Gasteiger partial charge in [0.1, 0.15) is 5.69 Å². The van der Waals surface area contributed by atoms with Crippen molar-refractivity contribution in [3.05, 3.63) is 74.2 Å².